The van der Waals surface area contributed by atoms with Crippen molar-refractivity contribution in [2.45, 2.75) is 25.4 Å². The molecule has 2 N–H and O–H groups in total. The number of fused-ring (bicyclic) bond motifs is 1. The molecule has 5 rings (SSSR count). The molecule has 2 saturated heterocycles. The molecule has 218 valence electrons. The lowest BCUT2D eigenvalue weighted by atomic mass is 10.0. The third kappa shape index (κ3) is 6.47. The van der Waals surface area contributed by atoms with E-state index in [1.165, 1.54) is 13.2 Å². The minimum absolute atomic E-state index is 0.0618. The second kappa shape index (κ2) is 12.9. The van der Waals surface area contributed by atoms with E-state index in [0.717, 1.165) is 26.1 Å². The molecule has 0 radical (unpaired) electrons. The zero-order valence-electron chi connectivity index (χ0n) is 23.3. The van der Waals surface area contributed by atoms with Gasteiger partial charge in [-0.1, -0.05) is 18.2 Å². The summed E-state index contributed by atoms with van der Waals surface area (Å²) in [5.74, 6) is 1.74. The van der Waals surface area contributed by atoms with Crippen LogP contribution in [0.15, 0.2) is 41.8 Å². The van der Waals surface area contributed by atoms with Crippen molar-refractivity contribution in [1.82, 2.24) is 24.8 Å². The number of carbonyl (C=O) groups is 1. The van der Waals surface area contributed by atoms with Crippen LogP contribution in [-0.4, -0.2) is 85.0 Å². The van der Waals surface area contributed by atoms with Crippen molar-refractivity contribution in [2.75, 3.05) is 58.9 Å². The second-order valence-corrected chi connectivity index (χ2v) is 10.7. The number of amides is 1. The molecule has 1 amide bonds. The molecular formula is C29H35ClN6O5. The molecule has 12 heteroatoms. The van der Waals surface area contributed by atoms with E-state index in [0.29, 0.717) is 83.3 Å². The van der Waals surface area contributed by atoms with E-state index in [9.17, 15) is 9.59 Å². The normalized spacial score (nSPS) is 17.3. The first kappa shape index (κ1) is 28.8. The summed E-state index contributed by atoms with van der Waals surface area (Å²) in [6.07, 6.45) is 5.01. The molecule has 2 fully saturated rings. The molecule has 0 saturated carbocycles. The molecule has 2 aromatic heterocycles. The van der Waals surface area contributed by atoms with Crippen LogP contribution in [0, 0.1) is 5.92 Å². The molecule has 2 aliphatic rings. The van der Waals surface area contributed by atoms with E-state index < -0.39 is 0 Å². The van der Waals surface area contributed by atoms with E-state index in [2.05, 4.69) is 27.1 Å². The molecule has 1 aromatic carbocycles. The molecule has 4 heterocycles. The highest BCUT2D eigenvalue weighted by Crippen LogP contribution is 2.38. The van der Waals surface area contributed by atoms with Crippen LogP contribution in [-0.2, 0) is 16.1 Å². The van der Waals surface area contributed by atoms with Gasteiger partial charge in [0.1, 0.15) is 17.1 Å². The predicted octanol–water partition coefficient (Wildman–Crippen LogP) is 2.95. The monoisotopic (exact) mass is 582 g/mol. The Balaban J connectivity index is 1.46. The van der Waals surface area contributed by atoms with Gasteiger partial charge in [-0.25, -0.2) is 4.98 Å². The molecule has 3 aromatic rings. The first-order chi connectivity index (χ1) is 19.9. The van der Waals surface area contributed by atoms with Gasteiger partial charge in [0.25, 0.3) is 5.56 Å². The summed E-state index contributed by atoms with van der Waals surface area (Å²) in [4.78, 5) is 37.1. The number of halogens is 1. The number of benzene rings is 1. The lowest BCUT2D eigenvalue weighted by Crippen LogP contribution is -2.59. The van der Waals surface area contributed by atoms with Crippen molar-refractivity contribution in [3.05, 3.63) is 52.4 Å². The standard InChI is InChI=1S/C29H35ClN6O5/c1-4-25(37)33-20-15-35(16-20)8-9-36-27-19(14-32-29(34-27)31-7-5-18-6-10-41-17-18)11-23(28(36)38)22-12-21(39-2)13-24(40-3)26(22)30/h4,11-14,18,20H,1,5-10,15-17H2,2-3H3,(H,33,37)(H,31,32,34). The van der Waals surface area contributed by atoms with Gasteiger partial charge >= 0.3 is 0 Å². The number of nitrogens with one attached hydrogen (secondary N) is 2. The predicted molar refractivity (Wildman–Crippen MR) is 158 cm³/mol. The van der Waals surface area contributed by atoms with Gasteiger partial charge in [0.2, 0.25) is 11.9 Å². The summed E-state index contributed by atoms with van der Waals surface area (Å²) in [6.45, 7) is 8.19. The number of carbonyl (C=O) groups excluding carboxylic acids is 1. The van der Waals surface area contributed by atoms with Crippen molar-refractivity contribution in [2.24, 2.45) is 5.92 Å². The molecule has 41 heavy (non-hydrogen) atoms. The molecule has 0 bridgehead atoms. The van der Waals surface area contributed by atoms with Crippen LogP contribution in [0.4, 0.5) is 5.95 Å². The van der Waals surface area contributed by atoms with Gasteiger partial charge in [0.15, 0.2) is 0 Å². The number of hydrogen-bond donors (Lipinski definition) is 2. The first-order valence-electron chi connectivity index (χ1n) is 13.7. The summed E-state index contributed by atoms with van der Waals surface area (Å²) >= 11 is 6.68. The Labute approximate surface area is 243 Å². The number of likely N-dealkylation sites (tertiary alicyclic amines) is 1. The highest BCUT2D eigenvalue weighted by atomic mass is 35.5. The lowest BCUT2D eigenvalue weighted by molar-refractivity contribution is -0.118. The van der Waals surface area contributed by atoms with Crippen molar-refractivity contribution in [1.29, 1.82) is 0 Å². The molecular weight excluding hydrogens is 548 g/mol. The van der Waals surface area contributed by atoms with Crippen LogP contribution < -0.4 is 25.7 Å². The molecule has 11 nitrogen and oxygen atoms in total. The molecule has 1 atom stereocenters. The first-order valence-corrected chi connectivity index (χ1v) is 14.1. The van der Waals surface area contributed by atoms with Gasteiger partial charge in [-0.3, -0.25) is 19.1 Å². The highest BCUT2D eigenvalue weighted by Gasteiger charge is 2.27. The van der Waals surface area contributed by atoms with Gasteiger partial charge in [0, 0.05) is 74.7 Å². The average Bonchev–Trinajstić information content (AvgIpc) is 3.48. The van der Waals surface area contributed by atoms with Crippen LogP contribution in [0.2, 0.25) is 5.02 Å². The van der Waals surface area contributed by atoms with Crippen molar-refractivity contribution < 1.29 is 19.0 Å². The Morgan fingerprint density at radius 2 is 2.05 bits per heavy atom. The van der Waals surface area contributed by atoms with E-state index in [1.54, 1.807) is 36.1 Å². The van der Waals surface area contributed by atoms with Crippen LogP contribution in [0.25, 0.3) is 22.2 Å². The van der Waals surface area contributed by atoms with Crippen molar-refractivity contribution >= 4 is 34.5 Å². The largest absolute Gasteiger partial charge is 0.497 e. The van der Waals surface area contributed by atoms with E-state index >= 15 is 0 Å². The van der Waals surface area contributed by atoms with E-state index in [1.807, 2.05) is 0 Å². The number of rotatable bonds is 12. The number of ether oxygens (including phenoxy) is 3. The molecule has 1 unspecified atom stereocenters. The fraction of sp³-hybridized carbons (Fsp3) is 0.448. The van der Waals surface area contributed by atoms with Crippen molar-refractivity contribution in [3.8, 4) is 22.6 Å². The zero-order valence-corrected chi connectivity index (χ0v) is 24.1. The number of aromatic nitrogens is 3. The smallest absolute Gasteiger partial charge is 0.260 e. The summed E-state index contributed by atoms with van der Waals surface area (Å²) < 4.78 is 18.0. The van der Waals surface area contributed by atoms with E-state index in [-0.39, 0.29) is 17.5 Å². The Hall–Kier alpha value is -3.67. The Bertz CT molecular complexity index is 1480. The summed E-state index contributed by atoms with van der Waals surface area (Å²) in [6, 6.07) is 5.23. The Kier molecular flexibility index (Phi) is 9.06. The van der Waals surface area contributed by atoms with Crippen molar-refractivity contribution in [3.63, 3.8) is 0 Å². The maximum atomic E-state index is 14.0. The number of methoxy groups -OCH3 is 2. The summed E-state index contributed by atoms with van der Waals surface area (Å²) in [5.41, 5.74) is 1.19. The maximum Gasteiger partial charge on any atom is 0.260 e. The fourth-order valence-corrected chi connectivity index (χ4v) is 5.51. The molecule has 0 spiro atoms. The van der Waals surface area contributed by atoms with Crippen LogP contribution in [0.5, 0.6) is 11.5 Å². The maximum absolute atomic E-state index is 14.0. The molecule has 0 aliphatic carbocycles. The average molecular weight is 583 g/mol. The van der Waals surface area contributed by atoms with Crippen LogP contribution in [0.1, 0.15) is 12.8 Å². The Morgan fingerprint density at radius 1 is 1.22 bits per heavy atom. The Morgan fingerprint density at radius 3 is 2.76 bits per heavy atom. The second-order valence-electron chi connectivity index (χ2n) is 10.3. The number of pyridine rings is 1. The number of hydrogen-bond acceptors (Lipinski definition) is 9. The topological polar surface area (TPSA) is 120 Å². The number of nitrogens with zero attached hydrogens (tertiary/aromatic N) is 4. The quantitative estimate of drug-likeness (QED) is 0.311. The fourth-order valence-electron chi connectivity index (χ4n) is 5.22. The highest BCUT2D eigenvalue weighted by molar-refractivity contribution is 6.35. The van der Waals surface area contributed by atoms with Gasteiger partial charge in [-0.2, -0.15) is 4.98 Å². The van der Waals surface area contributed by atoms with Gasteiger partial charge in [-0.05, 0) is 37.0 Å². The summed E-state index contributed by atoms with van der Waals surface area (Å²) in [5, 5.41) is 7.22. The number of anilines is 1. The summed E-state index contributed by atoms with van der Waals surface area (Å²) in [7, 11) is 3.06. The van der Waals surface area contributed by atoms with Gasteiger partial charge < -0.3 is 24.8 Å². The van der Waals surface area contributed by atoms with Gasteiger partial charge in [-0.15, -0.1) is 0 Å². The van der Waals surface area contributed by atoms with Crippen LogP contribution >= 0.6 is 11.6 Å². The van der Waals surface area contributed by atoms with Gasteiger partial charge in [0.05, 0.1) is 25.3 Å². The third-order valence-corrected chi connectivity index (χ3v) is 7.96. The minimum atomic E-state index is -0.237. The SMILES string of the molecule is C=CC(=O)NC1CN(CCn2c(=O)c(-c3cc(OC)cc(OC)c3Cl)cc3cnc(NCCC4CCOC4)nc32)C1. The zero-order chi connectivity index (χ0) is 28.9. The van der Waals surface area contributed by atoms with Crippen LogP contribution in [0.3, 0.4) is 0 Å². The molecule has 2 aliphatic heterocycles. The minimum Gasteiger partial charge on any atom is -0.497 e. The third-order valence-electron chi connectivity index (χ3n) is 7.57. The van der Waals surface area contributed by atoms with E-state index in [4.69, 9.17) is 30.8 Å². The lowest BCUT2D eigenvalue weighted by Gasteiger charge is -2.39.